The Morgan fingerprint density at radius 1 is 1.06 bits per heavy atom. The molecule has 0 aliphatic carbocycles. The van der Waals surface area contributed by atoms with E-state index in [1.807, 2.05) is 72.2 Å². The zero-order valence-electron chi connectivity index (χ0n) is 18.7. The van der Waals surface area contributed by atoms with Gasteiger partial charge in [0.25, 0.3) is 0 Å². The van der Waals surface area contributed by atoms with E-state index in [0.29, 0.717) is 27.4 Å². The summed E-state index contributed by atoms with van der Waals surface area (Å²) in [4.78, 5) is 12.7. The van der Waals surface area contributed by atoms with E-state index in [-0.39, 0.29) is 18.3 Å². The molecule has 0 aliphatic rings. The van der Waals surface area contributed by atoms with Gasteiger partial charge in [-0.1, -0.05) is 47.6 Å². The first-order chi connectivity index (χ1) is 16.5. The zero-order valence-corrected chi connectivity index (χ0v) is 20.3. The van der Waals surface area contributed by atoms with Gasteiger partial charge in [-0.3, -0.25) is 9.36 Å². The third-order valence-electron chi connectivity index (χ3n) is 4.86. The average molecular weight is 495 g/mol. The van der Waals surface area contributed by atoms with E-state index in [2.05, 4.69) is 15.5 Å². The Morgan fingerprint density at radius 3 is 2.56 bits per heavy atom. The minimum Gasteiger partial charge on any atom is -0.495 e. The summed E-state index contributed by atoms with van der Waals surface area (Å²) in [6.45, 7) is 2.17. The Morgan fingerprint density at radius 2 is 1.82 bits per heavy atom. The summed E-state index contributed by atoms with van der Waals surface area (Å²) in [5.41, 5.74) is 2.47. The lowest BCUT2D eigenvalue weighted by atomic mass is 10.2. The summed E-state index contributed by atoms with van der Waals surface area (Å²) in [7, 11) is 1.57. The molecule has 174 valence electrons. The second-order valence-corrected chi connectivity index (χ2v) is 8.73. The van der Waals surface area contributed by atoms with Crippen LogP contribution < -0.4 is 14.8 Å². The number of methoxy groups -OCH3 is 1. The number of benzene rings is 3. The average Bonchev–Trinajstić information content (AvgIpc) is 3.25. The number of nitrogens with one attached hydrogen (secondary N) is 1. The van der Waals surface area contributed by atoms with Crippen molar-refractivity contribution in [2.75, 3.05) is 18.2 Å². The number of halogens is 1. The number of hydrogen-bond donors (Lipinski definition) is 1. The standard InChI is InChI=1S/C25H23ClN4O3S/c1-17-8-13-22(32-2)21(14-17)27-24(31)16-34-25-29-28-23(15-33-20-6-4-3-5-7-20)30(25)19-11-9-18(26)10-12-19/h3-14H,15-16H2,1-2H3,(H,27,31). The van der Waals surface area contributed by atoms with Crippen molar-refractivity contribution in [2.45, 2.75) is 18.7 Å². The number of rotatable bonds is 9. The van der Waals surface area contributed by atoms with Gasteiger partial charge in [-0.25, -0.2) is 0 Å². The maximum absolute atomic E-state index is 12.7. The Balaban J connectivity index is 1.51. The molecule has 4 rings (SSSR count). The molecule has 9 heteroatoms. The molecular formula is C25H23ClN4O3S. The minimum absolute atomic E-state index is 0.141. The zero-order chi connectivity index (χ0) is 23.9. The van der Waals surface area contributed by atoms with Crippen LogP contribution in [0, 0.1) is 6.92 Å². The van der Waals surface area contributed by atoms with Crippen molar-refractivity contribution in [1.82, 2.24) is 14.8 Å². The quantitative estimate of drug-likeness (QED) is 0.307. The smallest absolute Gasteiger partial charge is 0.234 e. The number of ether oxygens (including phenoxy) is 2. The number of thioether (sulfide) groups is 1. The van der Waals surface area contributed by atoms with Gasteiger partial charge in [0.1, 0.15) is 18.1 Å². The van der Waals surface area contributed by atoms with Gasteiger partial charge >= 0.3 is 0 Å². The van der Waals surface area contributed by atoms with E-state index in [9.17, 15) is 4.79 Å². The third kappa shape index (κ3) is 5.89. The summed E-state index contributed by atoms with van der Waals surface area (Å²) in [5, 5.41) is 12.7. The highest BCUT2D eigenvalue weighted by Crippen LogP contribution is 2.27. The van der Waals surface area contributed by atoms with Gasteiger partial charge in [0, 0.05) is 10.7 Å². The number of carbonyl (C=O) groups is 1. The fraction of sp³-hybridized carbons (Fsp3) is 0.160. The van der Waals surface area contributed by atoms with Gasteiger partial charge in [0.15, 0.2) is 11.0 Å². The van der Waals surface area contributed by atoms with Crippen molar-refractivity contribution in [1.29, 1.82) is 0 Å². The second-order valence-electron chi connectivity index (χ2n) is 7.35. The Labute approximate surface area is 207 Å². The van der Waals surface area contributed by atoms with Crippen molar-refractivity contribution < 1.29 is 14.3 Å². The first-order valence-corrected chi connectivity index (χ1v) is 11.8. The molecule has 34 heavy (non-hydrogen) atoms. The van der Waals surface area contributed by atoms with Crippen LogP contribution in [0.25, 0.3) is 5.69 Å². The Hall–Kier alpha value is -3.49. The molecular weight excluding hydrogens is 472 g/mol. The van der Waals surface area contributed by atoms with E-state index in [0.717, 1.165) is 17.0 Å². The maximum atomic E-state index is 12.7. The van der Waals surface area contributed by atoms with Crippen molar-refractivity contribution in [3.63, 3.8) is 0 Å². The summed E-state index contributed by atoms with van der Waals surface area (Å²) in [6, 6.07) is 22.5. The largest absolute Gasteiger partial charge is 0.495 e. The van der Waals surface area contributed by atoms with E-state index in [4.69, 9.17) is 21.1 Å². The number of aromatic nitrogens is 3. The lowest BCUT2D eigenvalue weighted by Gasteiger charge is -2.12. The number of anilines is 1. The summed E-state index contributed by atoms with van der Waals surface area (Å²) < 4.78 is 13.1. The monoisotopic (exact) mass is 494 g/mol. The molecule has 3 aromatic carbocycles. The molecule has 1 N–H and O–H groups in total. The van der Waals surface area contributed by atoms with Crippen LogP contribution in [0.15, 0.2) is 78.0 Å². The second kappa shape index (κ2) is 11.1. The molecule has 0 bridgehead atoms. The van der Waals surface area contributed by atoms with Crippen LogP contribution in [0.2, 0.25) is 5.02 Å². The first kappa shape index (κ1) is 23.7. The number of carbonyl (C=O) groups excluding carboxylic acids is 1. The minimum atomic E-state index is -0.179. The summed E-state index contributed by atoms with van der Waals surface area (Å²) in [5.74, 6) is 1.90. The lowest BCUT2D eigenvalue weighted by Crippen LogP contribution is -2.15. The molecule has 0 atom stereocenters. The van der Waals surface area contributed by atoms with Crippen LogP contribution in [0.1, 0.15) is 11.4 Å². The molecule has 0 spiro atoms. The van der Waals surface area contributed by atoms with E-state index in [1.54, 1.807) is 19.2 Å². The van der Waals surface area contributed by atoms with Gasteiger partial charge in [0.05, 0.1) is 18.6 Å². The van der Waals surface area contributed by atoms with Crippen molar-refractivity contribution in [3.05, 3.63) is 89.2 Å². The van der Waals surface area contributed by atoms with E-state index in [1.165, 1.54) is 11.8 Å². The van der Waals surface area contributed by atoms with Crippen LogP contribution in [0.5, 0.6) is 11.5 Å². The van der Waals surface area contributed by atoms with Crippen molar-refractivity contribution in [3.8, 4) is 17.2 Å². The van der Waals surface area contributed by atoms with Crippen molar-refractivity contribution in [2.24, 2.45) is 0 Å². The van der Waals surface area contributed by atoms with Gasteiger partial charge < -0.3 is 14.8 Å². The molecule has 1 aromatic heterocycles. The number of nitrogens with zero attached hydrogens (tertiary/aromatic N) is 3. The van der Waals surface area contributed by atoms with E-state index >= 15 is 0 Å². The van der Waals surface area contributed by atoms with Crippen LogP contribution in [-0.4, -0.2) is 33.5 Å². The molecule has 7 nitrogen and oxygen atoms in total. The molecule has 0 unspecified atom stereocenters. The normalized spacial score (nSPS) is 10.7. The van der Waals surface area contributed by atoms with Crippen LogP contribution in [0.3, 0.4) is 0 Å². The highest BCUT2D eigenvalue weighted by atomic mass is 35.5. The van der Waals surface area contributed by atoms with Crippen LogP contribution in [-0.2, 0) is 11.4 Å². The molecule has 0 radical (unpaired) electrons. The molecule has 1 amide bonds. The van der Waals surface area contributed by atoms with Crippen LogP contribution >= 0.6 is 23.4 Å². The Bertz CT molecular complexity index is 1260. The molecule has 1 heterocycles. The highest BCUT2D eigenvalue weighted by molar-refractivity contribution is 7.99. The van der Waals surface area contributed by atoms with Gasteiger partial charge in [-0.15, -0.1) is 10.2 Å². The third-order valence-corrected chi connectivity index (χ3v) is 6.04. The van der Waals surface area contributed by atoms with Gasteiger partial charge in [-0.2, -0.15) is 0 Å². The molecule has 0 aliphatic heterocycles. The highest BCUT2D eigenvalue weighted by Gasteiger charge is 2.17. The van der Waals surface area contributed by atoms with Crippen molar-refractivity contribution >= 4 is 35.0 Å². The fourth-order valence-electron chi connectivity index (χ4n) is 3.24. The summed E-state index contributed by atoms with van der Waals surface area (Å²) in [6.07, 6.45) is 0. The predicted molar refractivity (Wildman–Crippen MR) is 134 cm³/mol. The van der Waals surface area contributed by atoms with E-state index < -0.39 is 0 Å². The maximum Gasteiger partial charge on any atom is 0.234 e. The molecule has 4 aromatic rings. The topological polar surface area (TPSA) is 78.3 Å². The number of amides is 1. The molecule has 0 saturated heterocycles. The molecule has 0 saturated carbocycles. The lowest BCUT2D eigenvalue weighted by molar-refractivity contribution is -0.113. The van der Waals surface area contributed by atoms with Gasteiger partial charge in [0.2, 0.25) is 5.91 Å². The fourth-order valence-corrected chi connectivity index (χ4v) is 4.13. The summed E-state index contributed by atoms with van der Waals surface area (Å²) >= 11 is 7.36. The van der Waals surface area contributed by atoms with Crippen LogP contribution in [0.4, 0.5) is 5.69 Å². The first-order valence-electron chi connectivity index (χ1n) is 10.5. The number of aryl methyl sites for hydroxylation is 1. The SMILES string of the molecule is COc1ccc(C)cc1NC(=O)CSc1nnc(COc2ccccc2)n1-c1ccc(Cl)cc1. The van der Waals surface area contributed by atoms with Gasteiger partial charge in [-0.05, 0) is 61.0 Å². The number of para-hydroxylation sites is 1. The predicted octanol–water partition coefficient (Wildman–Crippen LogP) is 5.55. The molecule has 0 fully saturated rings. The Kier molecular flexibility index (Phi) is 7.72. The number of hydrogen-bond acceptors (Lipinski definition) is 6.